The van der Waals surface area contributed by atoms with E-state index in [0.29, 0.717) is 0 Å². The molecule has 0 radical (unpaired) electrons. The Bertz CT molecular complexity index is 354. The second-order valence-electron chi connectivity index (χ2n) is 7.62. The van der Waals surface area contributed by atoms with Crippen LogP contribution in [0.1, 0.15) is 69.2 Å². The van der Waals surface area contributed by atoms with Gasteiger partial charge in [0.05, 0.1) is 11.2 Å². The molecule has 0 aromatic heterocycles. The van der Waals surface area contributed by atoms with E-state index in [1.54, 1.807) is 0 Å². The molecule has 0 fully saturated rings. The molecule has 0 unspecified atom stereocenters. The molecule has 1 rings (SSSR count). The quantitative estimate of drug-likeness (QED) is 0.542. The summed E-state index contributed by atoms with van der Waals surface area (Å²) in [4.78, 5) is 0. The highest BCUT2D eigenvalue weighted by Crippen LogP contribution is 2.57. The standard InChI is InChI=1S/C16H30O/c1-11-12(2)14(5,6)17-16(9,10)15(7,8)13(11,3)4/h1-10H3. The average molecular weight is 238 g/mol. The van der Waals surface area contributed by atoms with Crippen molar-refractivity contribution < 1.29 is 4.74 Å². The van der Waals surface area contributed by atoms with E-state index in [0.717, 1.165) is 0 Å². The van der Waals surface area contributed by atoms with Gasteiger partial charge >= 0.3 is 0 Å². The van der Waals surface area contributed by atoms with E-state index in [1.807, 2.05) is 0 Å². The van der Waals surface area contributed by atoms with Gasteiger partial charge in [0.15, 0.2) is 0 Å². The van der Waals surface area contributed by atoms with Crippen LogP contribution >= 0.6 is 0 Å². The molecule has 0 saturated heterocycles. The lowest BCUT2D eigenvalue weighted by Gasteiger charge is -2.51. The number of hydrogen-bond acceptors (Lipinski definition) is 1. The van der Waals surface area contributed by atoms with Crippen LogP contribution in [0, 0.1) is 10.8 Å². The monoisotopic (exact) mass is 238 g/mol. The summed E-state index contributed by atoms with van der Waals surface area (Å²) < 4.78 is 6.46. The van der Waals surface area contributed by atoms with Crippen LogP contribution in [-0.2, 0) is 4.74 Å². The molecule has 100 valence electrons. The van der Waals surface area contributed by atoms with Crippen LogP contribution in [-0.4, -0.2) is 11.2 Å². The Morgan fingerprint density at radius 2 is 1.12 bits per heavy atom. The maximum Gasteiger partial charge on any atom is 0.0843 e. The van der Waals surface area contributed by atoms with Crippen molar-refractivity contribution >= 4 is 0 Å². The lowest BCUT2D eigenvalue weighted by molar-refractivity contribution is -0.175. The largest absolute Gasteiger partial charge is 0.365 e. The van der Waals surface area contributed by atoms with Gasteiger partial charge in [-0.15, -0.1) is 0 Å². The van der Waals surface area contributed by atoms with Gasteiger partial charge in [0.1, 0.15) is 0 Å². The first-order valence-corrected chi connectivity index (χ1v) is 6.66. The Hall–Kier alpha value is -0.300. The fraction of sp³-hybridized carbons (Fsp3) is 0.875. The highest BCUT2D eigenvalue weighted by molar-refractivity contribution is 5.30. The highest BCUT2D eigenvalue weighted by atomic mass is 16.5. The molecule has 17 heavy (non-hydrogen) atoms. The normalized spacial score (nSPS) is 30.0. The summed E-state index contributed by atoms with van der Waals surface area (Å²) in [7, 11) is 0. The van der Waals surface area contributed by atoms with E-state index in [9.17, 15) is 0 Å². The van der Waals surface area contributed by atoms with Gasteiger partial charge in [-0.2, -0.15) is 0 Å². The van der Waals surface area contributed by atoms with Crippen LogP contribution in [0.25, 0.3) is 0 Å². The number of rotatable bonds is 0. The molecular formula is C16H30O. The molecule has 0 aromatic rings. The fourth-order valence-electron chi connectivity index (χ4n) is 2.98. The van der Waals surface area contributed by atoms with Crippen LogP contribution in [0.4, 0.5) is 0 Å². The molecule has 0 N–H and O–H groups in total. The van der Waals surface area contributed by atoms with Gasteiger partial charge in [-0.25, -0.2) is 0 Å². The summed E-state index contributed by atoms with van der Waals surface area (Å²) in [6.45, 7) is 22.6. The maximum atomic E-state index is 6.46. The first kappa shape index (κ1) is 14.8. The van der Waals surface area contributed by atoms with Crippen LogP contribution in [0.3, 0.4) is 0 Å². The van der Waals surface area contributed by atoms with Crippen LogP contribution in [0.5, 0.6) is 0 Å². The van der Waals surface area contributed by atoms with Crippen molar-refractivity contribution in [1.82, 2.24) is 0 Å². The first-order chi connectivity index (χ1) is 7.27. The molecule has 0 spiro atoms. The van der Waals surface area contributed by atoms with Crippen molar-refractivity contribution in [2.45, 2.75) is 80.4 Å². The summed E-state index contributed by atoms with van der Waals surface area (Å²) in [5.74, 6) is 0. The summed E-state index contributed by atoms with van der Waals surface area (Å²) in [6.07, 6.45) is 0. The van der Waals surface area contributed by atoms with E-state index < -0.39 is 0 Å². The van der Waals surface area contributed by atoms with Gasteiger partial charge in [0, 0.05) is 5.41 Å². The Balaban J connectivity index is 3.56. The minimum atomic E-state index is -0.182. The predicted octanol–water partition coefficient (Wildman–Crippen LogP) is 4.96. The lowest BCUT2D eigenvalue weighted by atomic mass is 9.57. The van der Waals surface area contributed by atoms with Gasteiger partial charge < -0.3 is 4.74 Å². The van der Waals surface area contributed by atoms with Crippen molar-refractivity contribution in [3.63, 3.8) is 0 Å². The minimum absolute atomic E-state index is 0.0825. The summed E-state index contributed by atoms with van der Waals surface area (Å²) in [5, 5.41) is 0. The van der Waals surface area contributed by atoms with E-state index in [1.165, 1.54) is 11.1 Å². The van der Waals surface area contributed by atoms with Gasteiger partial charge in [-0.3, -0.25) is 0 Å². The van der Waals surface area contributed by atoms with Crippen LogP contribution < -0.4 is 0 Å². The van der Waals surface area contributed by atoms with E-state index in [-0.39, 0.29) is 22.0 Å². The topological polar surface area (TPSA) is 9.23 Å². The zero-order chi connectivity index (χ0) is 13.9. The molecule has 0 amide bonds. The molecule has 1 heterocycles. The number of hydrogen-bond donors (Lipinski definition) is 0. The molecule has 0 saturated carbocycles. The Kier molecular flexibility index (Phi) is 3.13. The second kappa shape index (κ2) is 3.60. The zero-order valence-corrected chi connectivity index (χ0v) is 13.4. The summed E-state index contributed by atoms with van der Waals surface area (Å²) >= 11 is 0. The van der Waals surface area contributed by atoms with Crippen molar-refractivity contribution in [3.05, 3.63) is 11.1 Å². The van der Waals surface area contributed by atoms with Crippen molar-refractivity contribution in [1.29, 1.82) is 0 Å². The Labute approximate surface area is 108 Å². The van der Waals surface area contributed by atoms with Gasteiger partial charge in [-0.1, -0.05) is 33.3 Å². The van der Waals surface area contributed by atoms with Crippen LogP contribution in [0.2, 0.25) is 0 Å². The smallest absolute Gasteiger partial charge is 0.0843 e. The van der Waals surface area contributed by atoms with Crippen LogP contribution in [0.15, 0.2) is 11.1 Å². The molecule has 1 nitrogen and oxygen atoms in total. The summed E-state index contributed by atoms with van der Waals surface area (Å²) in [5.41, 5.74) is 2.73. The highest BCUT2D eigenvalue weighted by Gasteiger charge is 2.54. The molecule has 1 aliphatic heterocycles. The maximum absolute atomic E-state index is 6.46. The molecule has 1 aliphatic rings. The molecule has 1 heteroatoms. The SMILES string of the molecule is CC1=C(C)C(C)(C)C(C)(C)C(C)(C)OC1(C)C. The molecule has 0 bridgehead atoms. The number of ether oxygens (including phenoxy) is 1. The molecule has 0 aliphatic carbocycles. The minimum Gasteiger partial charge on any atom is -0.365 e. The fourth-order valence-corrected chi connectivity index (χ4v) is 2.98. The lowest BCUT2D eigenvalue weighted by Crippen LogP contribution is -2.51. The Morgan fingerprint density at radius 3 is 1.53 bits per heavy atom. The second-order valence-corrected chi connectivity index (χ2v) is 7.62. The van der Waals surface area contributed by atoms with Crippen molar-refractivity contribution in [2.75, 3.05) is 0 Å². The van der Waals surface area contributed by atoms with Crippen molar-refractivity contribution in [3.8, 4) is 0 Å². The van der Waals surface area contributed by atoms with E-state index in [4.69, 9.17) is 4.74 Å². The predicted molar refractivity (Wildman–Crippen MR) is 75.2 cm³/mol. The van der Waals surface area contributed by atoms with Crippen molar-refractivity contribution in [2.24, 2.45) is 10.8 Å². The third-order valence-corrected chi connectivity index (χ3v) is 5.98. The molecule has 0 atom stereocenters. The molecule has 0 aromatic carbocycles. The number of allylic oxidation sites excluding steroid dienone is 1. The first-order valence-electron chi connectivity index (χ1n) is 6.66. The van der Waals surface area contributed by atoms with E-state index in [2.05, 4.69) is 69.2 Å². The van der Waals surface area contributed by atoms with E-state index >= 15 is 0 Å². The van der Waals surface area contributed by atoms with Gasteiger partial charge in [0.25, 0.3) is 0 Å². The zero-order valence-electron chi connectivity index (χ0n) is 13.4. The average Bonchev–Trinajstić information content (AvgIpc) is 2.13. The summed E-state index contributed by atoms with van der Waals surface area (Å²) in [6, 6.07) is 0. The Morgan fingerprint density at radius 1 is 0.706 bits per heavy atom. The molecular weight excluding hydrogens is 208 g/mol. The van der Waals surface area contributed by atoms with Gasteiger partial charge in [-0.05, 0) is 52.5 Å². The third kappa shape index (κ3) is 1.87. The third-order valence-electron chi connectivity index (χ3n) is 5.98. The van der Waals surface area contributed by atoms with Gasteiger partial charge in [0.2, 0.25) is 0 Å².